The molecule has 4 heteroatoms. The average Bonchev–Trinajstić information content (AvgIpc) is 2.42. The minimum Gasteiger partial charge on any atom is -0.355 e. The second-order valence-corrected chi connectivity index (χ2v) is 4.94. The van der Waals surface area contributed by atoms with Crippen molar-refractivity contribution in [3.63, 3.8) is 0 Å². The molecule has 0 spiro atoms. The molecule has 1 aromatic carbocycles. The number of hydrogen-bond acceptors (Lipinski definition) is 3. The SMILES string of the molecule is CN1c2ccc(Br)cc2SC1C=O. The van der Waals surface area contributed by atoms with Crippen LogP contribution in [0.2, 0.25) is 0 Å². The Labute approximate surface area is 89.4 Å². The molecule has 0 aliphatic carbocycles. The van der Waals surface area contributed by atoms with Crippen molar-refractivity contribution in [1.29, 1.82) is 0 Å². The van der Waals surface area contributed by atoms with Crippen LogP contribution in [0, 0.1) is 0 Å². The molecule has 68 valence electrons. The lowest BCUT2D eigenvalue weighted by molar-refractivity contribution is -0.107. The van der Waals surface area contributed by atoms with E-state index in [1.54, 1.807) is 11.8 Å². The molecule has 0 N–H and O–H groups in total. The molecule has 1 heterocycles. The molecule has 0 amide bonds. The highest BCUT2D eigenvalue weighted by Gasteiger charge is 2.26. The van der Waals surface area contributed by atoms with Gasteiger partial charge in [-0.25, -0.2) is 0 Å². The van der Waals surface area contributed by atoms with Crippen LogP contribution in [-0.2, 0) is 4.79 Å². The Morgan fingerprint density at radius 2 is 2.38 bits per heavy atom. The molecule has 1 atom stereocenters. The van der Waals surface area contributed by atoms with E-state index in [4.69, 9.17) is 0 Å². The molecule has 1 unspecified atom stereocenters. The molecule has 2 nitrogen and oxygen atoms in total. The second-order valence-electron chi connectivity index (χ2n) is 2.87. The number of halogens is 1. The van der Waals surface area contributed by atoms with Crippen LogP contribution in [0.25, 0.3) is 0 Å². The van der Waals surface area contributed by atoms with Crippen LogP contribution >= 0.6 is 27.7 Å². The Morgan fingerprint density at radius 1 is 1.62 bits per heavy atom. The van der Waals surface area contributed by atoms with Gasteiger partial charge >= 0.3 is 0 Å². The van der Waals surface area contributed by atoms with Crippen molar-refractivity contribution in [2.75, 3.05) is 11.9 Å². The Kier molecular flexibility index (Phi) is 2.34. The van der Waals surface area contributed by atoms with Gasteiger partial charge in [-0.15, -0.1) is 0 Å². The van der Waals surface area contributed by atoms with Gasteiger partial charge in [0.15, 0.2) is 6.29 Å². The molecule has 0 radical (unpaired) electrons. The summed E-state index contributed by atoms with van der Waals surface area (Å²) in [7, 11) is 1.94. The van der Waals surface area contributed by atoms with Crippen molar-refractivity contribution < 1.29 is 4.79 Å². The van der Waals surface area contributed by atoms with Gasteiger partial charge in [0.05, 0.1) is 5.69 Å². The molecule has 1 aliphatic rings. The molecule has 0 aromatic heterocycles. The molecule has 0 fully saturated rings. The van der Waals surface area contributed by atoms with Crippen molar-refractivity contribution in [3.8, 4) is 0 Å². The molecule has 1 aliphatic heterocycles. The number of likely N-dealkylation sites (N-methyl/N-ethyl adjacent to an activating group) is 1. The van der Waals surface area contributed by atoms with Gasteiger partial charge in [-0.05, 0) is 18.2 Å². The quantitative estimate of drug-likeness (QED) is 0.722. The van der Waals surface area contributed by atoms with Gasteiger partial charge in [0.1, 0.15) is 5.37 Å². The van der Waals surface area contributed by atoms with Crippen LogP contribution in [0.15, 0.2) is 27.6 Å². The van der Waals surface area contributed by atoms with Crippen LogP contribution < -0.4 is 4.90 Å². The fraction of sp³-hybridized carbons (Fsp3) is 0.222. The summed E-state index contributed by atoms with van der Waals surface area (Å²) in [6.45, 7) is 0. The van der Waals surface area contributed by atoms with Crippen molar-refractivity contribution in [2.45, 2.75) is 10.3 Å². The monoisotopic (exact) mass is 257 g/mol. The van der Waals surface area contributed by atoms with E-state index in [2.05, 4.69) is 15.9 Å². The molecule has 2 rings (SSSR count). The van der Waals surface area contributed by atoms with Crippen LogP contribution in [0.4, 0.5) is 5.69 Å². The van der Waals surface area contributed by atoms with Crippen LogP contribution in [-0.4, -0.2) is 18.7 Å². The lowest BCUT2D eigenvalue weighted by Gasteiger charge is -2.15. The van der Waals surface area contributed by atoms with Gasteiger partial charge < -0.3 is 9.69 Å². The van der Waals surface area contributed by atoms with Gasteiger partial charge in [-0.1, -0.05) is 27.7 Å². The molecule has 1 aromatic rings. The third-order valence-electron chi connectivity index (χ3n) is 2.05. The summed E-state index contributed by atoms with van der Waals surface area (Å²) < 4.78 is 1.05. The largest absolute Gasteiger partial charge is 0.355 e. The molecule has 0 saturated heterocycles. The van der Waals surface area contributed by atoms with E-state index in [-0.39, 0.29) is 5.37 Å². The highest BCUT2D eigenvalue weighted by atomic mass is 79.9. The molecule has 13 heavy (non-hydrogen) atoms. The topological polar surface area (TPSA) is 20.3 Å². The molecule has 0 bridgehead atoms. The minimum atomic E-state index is -0.0655. The van der Waals surface area contributed by atoms with E-state index in [0.29, 0.717) is 0 Å². The van der Waals surface area contributed by atoms with Crippen molar-refractivity contribution >= 4 is 39.7 Å². The van der Waals surface area contributed by atoms with E-state index in [0.717, 1.165) is 21.3 Å². The lowest BCUT2D eigenvalue weighted by Crippen LogP contribution is -2.25. The number of anilines is 1. The number of aldehydes is 1. The summed E-state index contributed by atoms with van der Waals surface area (Å²) in [6.07, 6.45) is 0.971. The smallest absolute Gasteiger partial charge is 0.153 e. The van der Waals surface area contributed by atoms with Crippen molar-refractivity contribution in [3.05, 3.63) is 22.7 Å². The molecular formula is C9H8BrNOS. The summed E-state index contributed by atoms with van der Waals surface area (Å²) in [6, 6.07) is 6.05. The number of nitrogens with zero attached hydrogens (tertiary/aromatic N) is 1. The van der Waals surface area contributed by atoms with E-state index >= 15 is 0 Å². The van der Waals surface area contributed by atoms with Crippen LogP contribution in [0.3, 0.4) is 0 Å². The summed E-state index contributed by atoms with van der Waals surface area (Å²) in [5.74, 6) is 0. The van der Waals surface area contributed by atoms with E-state index < -0.39 is 0 Å². The normalized spacial score (nSPS) is 20.2. The van der Waals surface area contributed by atoms with Crippen LogP contribution in [0.1, 0.15) is 0 Å². The predicted octanol–water partition coefficient (Wildman–Crippen LogP) is 2.52. The number of benzene rings is 1. The predicted molar refractivity (Wildman–Crippen MR) is 58.3 cm³/mol. The minimum absolute atomic E-state index is 0.0655. The maximum atomic E-state index is 10.7. The van der Waals surface area contributed by atoms with E-state index in [1.165, 1.54) is 0 Å². The number of thioether (sulfide) groups is 1. The Hall–Kier alpha value is -0.480. The van der Waals surface area contributed by atoms with Crippen LogP contribution in [0.5, 0.6) is 0 Å². The number of fused-ring (bicyclic) bond motifs is 1. The zero-order chi connectivity index (χ0) is 9.42. The van der Waals surface area contributed by atoms with Gasteiger partial charge in [0.25, 0.3) is 0 Å². The second kappa shape index (κ2) is 3.35. The third-order valence-corrected chi connectivity index (χ3v) is 3.79. The zero-order valence-electron chi connectivity index (χ0n) is 7.03. The first-order valence-electron chi connectivity index (χ1n) is 3.86. The summed E-state index contributed by atoms with van der Waals surface area (Å²) in [4.78, 5) is 13.8. The summed E-state index contributed by atoms with van der Waals surface area (Å²) in [5, 5.41) is -0.0655. The van der Waals surface area contributed by atoms with Crippen molar-refractivity contribution in [2.24, 2.45) is 0 Å². The maximum absolute atomic E-state index is 10.7. The highest BCUT2D eigenvalue weighted by molar-refractivity contribution is 9.10. The average molecular weight is 258 g/mol. The third kappa shape index (κ3) is 1.48. The summed E-state index contributed by atoms with van der Waals surface area (Å²) >= 11 is 4.99. The Balaban J connectivity index is 2.43. The van der Waals surface area contributed by atoms with Crippen molar-refractivity contribution in [1.82, 2.24) is 0 Å². The number of rotatable bonds is 1. The van der Waals surface area contributed by atoms with Gasteiger partial charge in [-0.3, -0.25) is 0 Å². The standard InChI is InChI=1S/C9H8BrNOS/c1-11-7-3-2-6(10)4-8(7)13-9(11)5-12/h2-5,9H,1H3. The summed E-state index contributed by atoms with van der Waals surface area (Å²) in [5.41, 5.74) is 1.13. The maximum Gasteiger partial charge on any atom is 0.153 e. The lowest BCUT2D eigenvalue weighted by atomic mass is 10.3. The van der Waals surface area contributed by atoms with Gasteiger partial charge in [0, 0.05) is 16.4 Å². The molecular weight excluding hydrogens is 250 g/mol. The van der Waals surface area contributed by atoms with Gasteiger partial charge in [-0.2, -0.15) is 0 Å². The highest BCUT2D eigenvalue weighted by Crippen LogP contribution is 2.42. The van der Waals surface area contributed by atoms with Gasteiger partial charge in [0.2, 0.25) is 0 Å². The Bertz CT molecular complexity index is 355. The fourth-order valence-electron chi connectivity index (χ4n) is 1.34. The zero-order valence-corrected chi connectivity index (χ0v) is 9.43. The Morgan fingerprint density at radius 3 is 3.08 bits per heavy atom. The number of carbonyl (C=O) groups excluding carboxylic acids is 1. The number of hydrogen-bond donors (Lipinski definition) is 0. The molecule has 0 saturated carbocycles. The first-order valence-corrected chi connectivity index (χ1v) is 5.54. The first-order chi connectivity index (χ1) is 6.22. The number of carbonyl (C=O) groups is 1. The van der Waals surface area contributed by atoms with E-state index in [1.807, 2.05) is 30.1 Å². The fourth-order valence-corrected chi connectivity index (χ4v) is 2.97. The first kappa shape index (κ1) is 9.09. The van der Waals surface area contributed by atoms with E-state index in [9.17, 15) is 4.79 Å².